The average molecular weight is 350 g/mol. The van der Waals surface area contributed by atoms with E-state index in [0.29, 0.717) is 0 Å². The van der Waals surface area contributed by atoms with Crippen LogP contribution in [0.5, 0.6) is 0 Å². The molecule has 0 aromatic carbocycles. The molecule has 0 aliphatic carbocycles. The highest BCUT2D eigenvalue weighted by Gasteiger charge is 2.64. The quantitative estimate of drug-likeness (QED) is 0.388. The number of hydrogen-bond acceptors (Lipinski definition) is 3. The number of alkyl halides is 8. The lowest BCUT2D eigenvalue weighted by atomic mass is 10.2. The minimum absolute atomic E-state index is 0.746. The maximum absolute atomic E-state index is 13.7. The molecule has 0 unspecified atom stereocenters. The van der Waals surface area contributed by atoms with Crippen LogP contribution in [0.15, 0.2) is 11.6 Å². The molecule has 0 heterocycles. The highest BCUT2D eigenvalue weighted by Crippen LogP contribution is 2.66. The smallest absolute Gasteiger partial charge is 0.304 e. The number of hydrogen-bond donors (Lipinski definition) is 0. The molecule has 0 rings (SSSR count). The molecule has 0 fully saturated rings. The van der Waals surface area contributed by atoms with Crippen molar-refractivity contribution in [3.63, 3.8) is 0 Å². The van der Waals surface area contributed by atoms with Crippen LogP contribution in [-0.4, -0.2) is 31.2 Å². The second-order valence-corrected chi connectivity index (χ2v) is 5.54. The molecular weight excluding hydrogens is 339 g/mol. The van der Waals surface area contributed by atoms with Crippen molar-refractivity contribution in [2.75, 3.05) is 13.2 Å². The first-order chi connectivity index (χ1) is 9.21. The van der Waals surface area contributed by atoms with Crippen molar-refractivity contribution >= 4 is 7.60 Å². The van der Waals surface area contributed by atoms with Crippen LogP contribution in [0.1, 0.15) is 13.8 Å². The van der Waals surface area contributed by atoms with Gasteiger partial charge in [0.05, 0.1) is 13.2 Å². The monoisotopic (exact) mass is 350 g/mol. The summed E-state index contributed by atoms with van der Waals surface area (Å²) in [4.78, 5) is 0. The second-order valence-electron chi connectivity index (χ2n) is 3.47. The SMILES string of the molecule is CCOP(=O)(OCC)C(F)(F)/C(=C/C(F)(F)F)C(F)(F)F. The first-order valence-electron chi connectivity index (χ1n) is 5.35. The molecule has 0 atom stereocenters. The predicted octanol–water partition coefficient (Wildman–Crippen LogP) is 4.90. The second kappa shape index (κ2) is 6.62. The molecule has 0 spiro atoms. The van der Waals surface area contributed by atoms with E-state index < -0.39 is 50.5 Å². The van der Waals surface area contributed by atoms with Crippen molar-refractivity contribution in [3.05, 3.63) is 11.6 Å². The first-order valence-corrected chi connectivity index (χ1v) is 6.89. The summed E-state index contributed by atoms with van der Waals surface area (Å²) >= 11 is 0. The fourth-order valence-electron chi connectivity index (χ4n) is 1.19. The van der Waals surface area contributed by atoms with Gasteiger partial charge >= 0.3 is 25.6 Å². The maximum atomic E-state index is 13.7. The van der Waals surface area contributed by atoms with Gasteiger partial charge in [-0.25, -0.2) is 0 Å². The fraction of sp³-hybridized carbons (Fsp3) is 0.778. The van der Waals surface area contributed by atoms with Crippen LogP contribution < -0.4 is 0 Å². The van der Waals surface area contributed by atoms with Gasteiger partial charge in [-0.05, 0) is 13.8 Å². The molecule has 0 saturated heterocycles. The summed E-state index contributed by atoms with van der Waals surface area (Å²) < 4.78 is 121. The van der Waals surface area contributed by atoms with Gasteiger partial charge in [-0.2, -0.15) is 35.1 Å². The molecule has 0 radical (unpaired) electrons. The molecule has 3 nitrogen and oxygen atoms in total. The lowest BCUT2D eigenvalue weighted by Crippen LogP contribution is -2.33. The molecule has 0 saturated carbocycles. The summed E-state index contributed by atoms with van der Waals surface area (Å²) in [6.45, 7) is 0.541. The van der Waals surface area contributed by atoms with Gasteiger partial charge in [0.25, 0.3) is 0 Å². The zero-order valence-corrected chi connectivity index (χ0v) is 11.6. The van der Waals surface area contributed by atoms with E-state index in [4.69, 9.17) is 0 Å². The van der Waals surface area contributed by atoms with Crippen LogP contribution in [0.25, 0.3) is 0 Å². The molecule has 12 heteroatoms. The minimum Gasteiger partial charge on any atom is -0.304 e. The highest BCUT2D eigenvalue weighted by molar-refractivity contribution is 7.55. The van der Waals surface area contributed by atoms with Crippen molar-refractivity contribution < 1.29 is 48.7 Å². The van der Waals surface area contributed by atoms with E-state index in [1.54, 1.807) is 0 Å². The van der Waals surface area contributed by atoms with Crippen molar-refractivity contribution in [3.8, 4) is 0 Å². The van der Waals surface area contributed by atoms with Crippen LogP contribution in [-0.2, 0) is 13.6 Å². The Labute approximate surface area is 114 Å². The van der Waals surface area contributed by atoms with Gasteiger partial charge in [-0.15, -0.1) is 0 Å². The van der Waals surface area contributed by atoms with Gasteiger partial charge in [-0.3, -0.25) is 4.57 Å². The third-order valence-electron chi connectivity index (χ3n) is 1.88. The van der Waals surface area contributed by atoms with E-state index >= 15 is 0 Å². The minimum atomic E-state index is -6.08. The predicted molar refractivity (Wildman–Crippen MR) is 56.0 cm³/mol. The van der Waals surface area contributed by atoms with Crippen LogP contribution in [0, 0.1) is 0 Å². The van der Waals surface area contributed by atoms with E-state index in [0.717, 1.165) is 13.8 Å². The van der Waals surface area contributed by atoms with Crippen molar-refractivity contribution in [1.29, 1.82) is 0 Å². The summed E-state index contributed by atoms with van der Waals surface area (Å²) in [5.74, 6) is 0. The Bertz CT molecular complexity index is 416. The third kappa shape index (κ3) is 5.23. The molecule has 0 aliphatic rings. The number of halogens is 8. The molecular formula is C9H11F8O3P. The van der Waals surface area contributed by atoms with E-state index in [2.05, 4.69) is 9.05 Å². The van der Waals surface area contributed by atoms with Gasteiger partial charge in [0, 0.05) is 6.08 Å². The van der Waals surface area contributed by atoms with E-state index in [1.165, 1.54) is 0 Å². The van der Waals surface area contributed by atoms with Gasteiger partial charge < -0.3 is 9.05 Å². The van der Waals surface area contributed by atoms with Gasteiger partial charge in [0.2, 0.25) is 0 Å². The standard InChI is InChI=1S/C9H11F8O3P/c1-3-19-21(18,20-4-2)9(16,17)6(8(13,14)15)5-7(10,11)12/h5H,3-4H2,1-2H3/b6-5+. The van der Waals surface area contributed by atoms with Crippen molar-refractivity contribution in [2.45, 2.75) is 31.9 Å². The molecule has 0 bridgehead atoms. The molecule has 21 heavy (non-hydrogen) atoms. The van der Waals surface area contributed by atoms with Crippen molar-refractivity contribution in [1.82, 2.24) is 0 Å². The summed E-state index contributed by atoms with van der Waals surface area (Å²) in [6, 6.07) is 0. The first kappa shape index (κ1) is 20.3. The van der Waals surface area contributed by atoms with Gasteiger partial charge in [0.15, 0.2) is 0 Å². The Morgan fingerprint density at radius 1 is 0.952 bits per heavy atom. The third-order valence-corrected chi connectivity index (χ3v) is 4.00. The Hall–Kier alpha value is -0.670. The van der Waals surface area contributed by atoms with Gasteiger partial charge in [-0.1, -0.05) is 0 Å². The zero-order valence-electron chi connectivity index (χ0n) is 10.7. The Morgan fingerprint density at radius 2 is 1.33 bits per heavy atom. The van der Waals surface area contributed by atoms with Gasteiger partial charge in [0.1, 0.15) is 5.57 Å². The fourth-order valence-corrected chi connectivity index (χ4v) is 2.75. The summed E-state index contributed by atoms with van der Waals surface area (Å²) in [6.07, 6.45) is -13.4. The van der Waals surface area contributed by atoms with E-state index in [1.807, 2.05) is 0 Å². The number of allylic oxidation sites excluding steroid dienone is 2. The lowest BCUT2D eigenvalue weighted by Gasteiger charge is -2.28. The Balaban J connectivity index is 6.09. The van der Waals surface area contributed by atoms with E-state index in [9.17, 15) is 39.7 Å². The number of rotatable bonds is 6. The molecule has 0 aliphatic heterocycles. The molecule has 0 amide bonds. The van der Waals surface area contributed by atoms with Crippen molar-refractivity contribution in [2.24, 2.45) is 0 Å². The van der Waals surface area contributed by atoms with E-state index in [-0.39, 0.29) is 0 Å². The van der Waals surface area contributed by atoms with Crippen LogP contribution in [0.2, 0.25) is 0 Å². The lowest BCUT2D eigenvalue weighted by molar-refractivity contribution is -0.130. The Kier molecular flexibility index (Phi) is 6.41. The van der Waals surface area contributed by atoms with Crippen LogP contribution in [0.3, 0.4) is 0 Å². The molecule has 0 aromatic heterocycles. The normalized spacial score (nSPS) is 15.4. The molecule has 126 valence electrons. The Morgan fingerprint density at radius 3 is 1.57 bits per heavy atom. The summed E-state index contributed by atoms with van der Waals surface area (Å²) in [5, 5.41) is 0. The molecule has 0 aromatic rings. The molecule has 0 N–H and O–H groups in total. The van der Waals surface area contributed by atoms with Crippen LogP contribution >= 0.6 is 7.60 Å². The summed E-state index contributed by atoms with van der Waals surface area (Å²) in [5.41, 5.74) is -8.85. The average Bonchev–Trinajstić information content (AvgIpc) is 2.23. The maximum Gasteiger partial charge on any atom is 0.419 e. The topological polar surface area (TPSA) is 35.5 Å². The largest absolute Gasteiger partial charge is 0.419 e. The summed E-state index contributed by atoms with van der Waals surface area (Å²) in [7, 11) is -5.78. The zero-order chi connectivity index (χ0) is 17.1. The van der Waals surface area contributed by atoms with Crippen LogP contribution in [0.4, 0.5) is 35.1 Å². The highest BCUT2D eigenvalue weighted by atomic mass is 31.2.